The Kier molecular flexibility index (Phi) is 1.07. The molecule has 1 atom stereocenters. The monoisotopic (exact) mass is 130 g/mol. The third-order valence-electron chi connectivity index (χ3n) is 2.16. The highest BCUT2D eigenvalue weighted by atomic mass is 28.3. The van der Waals surface area contributed by atoms with Gasteiger partial charge in [0.2, 0.25) is 0 Å². The number of ether oxygens (including phenoxy) is 1. The van der Waals surface area contributed by atoms with E-state index in [0.29, 0.717) is 5.22 Å². The summed E-state index contributed by atoms with van der Waals surface area (Å²) in [7, 11) is -0.970. The van der Waals surface area contributed by atoms with E-state index in [2.05, 4.69) is 26.6 Å². The molecule has 1 fully saturated rings. The van der Waals surface area contributed by atoms with Crippen LogP contribution in [0.1, 0.15) is 6.92 Å². The third kappa shape index (κ3) is 0.824. The summed E-state index contributed by atoms with van der Waals surface area (Å²) in [5.74, 6) is 0. The molecule has 1 heterocycles. The summed E-state index contributed by atoms with van der Waals surface area (Å²) < 4.78 is 5.32. The van der Waals surface area contributed by atoms with Crippen LogP contribution in [0.4, 0.5) is 0 Å². The lowest BCUT2D eigenvalue weighted by atomic mass is 10.6. The zero-order valence-corrected chi connectivity index (χ0v) is 7.12. The van der Waals surface area contributed by atoms with E-state index in [1.807, 2.05) is 0 Å². The molecule has 0 aromatic heterocycles. The number of hydrogen-bond donors (Lipinski definition) is 0. The maximum Gasteiger partial charge on any atom is 0.0851 e. The Bertz CT molecular complexity index is 96.3. The van der Waals surface area contributed by atoms with Crippen LogP contribution >= 0.6 is 0 Å². The Balaban J connectivity index is 2.58. The molecule has 48 valence electrons. The van der Waals surface area contributed by atoms with Crippen LogP contribution in [-0.4, -0.2) is 19.9 Å². The van der Waals surface area contributed by atoms with E-state index in [1.54, 1.807) is 0 Å². The van der Waals surface area contributed by atoms with Crippen LogP contribution < -0.4 is 0 Å². The summed E-state index contributed by atoms with van der Waals surface area (Å²) in [4.78, 5) is 0. The summed E-state index contributed by atoms with van der Waals surface area (Å²) in [6.07, 6.45) is 0. The van der Waals surface area contributed by atoms with Crippen molar-refractivity contribution in [2.24, 2.45) is 0 Å². The Labute approximate surface area is 52.1 Å². The van der Waals surface area contributed by atoms with E-state index in [-0.39, 0.29) is 0 Å². The Morgan fingerprint density at radius 1 is 1.38 bits per heavy atom. The van der Waals surface area contributed by atoms with Gasteiger partial charge in [0.1, 0.15) is 0 Å². The van der Waals surface area contributed by atoms with Crippen molar-refractivity contribution in [1.29, 1.82) is 0 Å². The molecule has 0 bridgehead atoms. The first-order valence-electron chi connectivity index (χ1n) is 3.10. The molecule has 1 unspecified atom stereocenters. The van der Waals surface area contributed by atoms with Crippen molar-refractivity contribution >= 4 is 8.07 Å². The Morgan fingerprint density at radius 3 is 1.75 bits per heavy atom. The third-order valence-corrected chi connectivity index (χ3v) is 5.63. The number of hydrogen-bond acceptors (Lipinski definition) is 1. The summed E-state index contributed by atoms with van der Waals surface area (Å²) in [5.41, 5.74) is 0. The quantitative estimate of drug-likeness (QED) is 0.388. The Morgan fingerprint density at radius 2 is 1.75 bits per heavy atom. The summed E-state index contributed by atoms with van der Waals surface area (Å²) in [6.45, 7) is 10.3. The van der Waals surface area contributed by atoms with Gasteiger partial charge in [-0.2, -0.15) is 0 Å². The van der Waals surface area contributed by atoms with E-state index in [4.69, 9.17) is 4.74 Å². The van der Waals surface area contributed by atoms with E-state index >= 15 is 0 Å². The minimum Gasteiger partial charge on any atom is -0.374 e. The van der Waals surface area contributed by atoms with Crippen LogP contribution in [0.25, 0.3) is 0 Å². The van der Waals surface area contributed by atoms with Crippen molar-refractivity contribution in [2.45, 2.75) is 31.8 Å². The largest absolute Gasteiger partial charge is 0.374 e. The molecule has 1 saturated heterocycles. The summed E-state index contributed by atoms with van der Waals surface area (Å²) >= 11 is 0. The van der Waals surface area contributed by atoms with Gasteiger partial charge in [0.15, 0.2) is 0 Å². The van der Waals surface area contributed by atoms with Gasteiger partial charge in [-0.25, -0.2) is 0 Å². The zero-order valence-electron chi connectivity index (χ0n) is 6.12. The average Bonchev–Trinajstić information content (AvgIpc) is 2.16. The van der Waals surface area contributed by atoms with Crippen LogP contribution in [0.15, 0.2) is 0 Å². The number of rotatable bonds is 1. The molecule has 0 aliphatic carbocycles. The van der Waals surface area contributed by atoms with Gasteiger partial charge in [-0.15, -0.1) is 0 Å². The fourth-order valence-corrected chi connectivity index (χ4v) is 1.48. The normalized spacial score (nSPS) is 37.5. The fraction of sp³-hybridized carbons (Fsp3) is 1.00. The van der Waals surface area contributed by atoms with Crippen LogP contribution in [0, 0.1) is 0 Å². The van der Waals surface area contributed by atoms with Gasteiger partial charge in [0, 0.05) is 0 Å². The molecule has 0 saturated carbocycles. The SMILES string of the molecule is CC1([Si](C)(C)C)CO1. The Hall–Kier alpha value is 0.177. The predicted octanol–water partition coefficient (Wildman–Crippen LogP) is 1.65. The van der Waals surface area contributed by atoms with Crippen molar-refractivity contribution in [3.05, 3.63) is 0 Å². The molecule has 1 nitrogen and oxygen atoms in total. The first kappa shape index (κ1) is 6.30. The van der Waals surface area contributed by atoms with E-state index in [9.17, 15) is 0 Å². The lowest BCUT2D eigenvalue weighted by Gasteiger charge is -2.20. The predicted molar refractivity (Wildman–Crippen MR) is 37.7 cm³/mol. The molecule has 1 aliphatic heterocycles. The first-order chi connectivity index (χ1) is 3.46. The first-order valence-corrected chi connectivity index (χ1v) is 6.60. The van der Waals surface area contributed by atoms with Crippen LogP contribution in [-0.2, 0) is 4.74 Å². The maximum atomic E-state index is 5.32. The summed E-state index contributed by atoms with van der Waals surface area (Å²) in [6, 6.07) is 0. The smallest absolute Gasteiger partial charge is 0.0851 e. The molecule has 1 aliphatic rings. The van der Waals surface area contributed by atoms with Crippen LogP contribution in [0.2, 0.25) is 19.6 Å². The average molecular weight is 130 g/mol. The van der Waals surface area contributed by atoms with Crippen LogP contribution in [0.5, 0.6) is 0 Å². The van der Waals surface area contributed by atoms with Gasteiger partial charge < -0.3 is 4.74 Å². The molecule has 0 spiro atoms. The van der Waals surface area contributed by atoms with Crippen molar-refractivity contribution in [2.75, 3.05) is 6.61 Å². The second-order valence-electron chi connectivity index (χ2n) is 3.77. The summed E-state index contributed by atoms with van der Waals surface area (Å²) in [5, 5.41) is 0.326. The van der Waals surface area contributed by atoms with E-state index in [1.165, 1.54) is 0 Å². The molecule has 2 heteroatoms. The molecular weight excluding hydrogens is 116 g/mol. The van der Waals surface area contributed by atoms with Gasteiger partial charge >= 0.3 is 0 Å². The highest BCUT2D eigenvalue weighted by Crippen LogP contribution is 2.35. The van der Waals surface area contributed by atoms with Crippen molar-refractivity contribution in [1.82, 2.24) is 0 Å². The molecule has 0 N–H and O–H groups in total. The molecule has 1 rings (SSSR count). The standard InChI is InChI=1S/C6H14OSi/c1-6(5-7-6)8(2,3)4/h5H2,1-4H3. The maximum absolute atomic E-state index is 5.32. The van der Waals surface area contributed by atoms with Crippen molar-refractivity contribution in [3.8, 4) is 0 Å². The molecule has 0 amide bonds. The second kappa shape index (κ2) is 1.36. The highest BCUT2D eigenvalue weighted by molar-refractivity contribution is 6.79. The number of epoxide rings is 1. The molecule has 0 aromatic rings. The molecule has 0 radical (unpaired) electrons. The van der Waals surface area contributed by atoms with Crippen molar-refractivity contribution in [3.63, 3.8) is 0 Å². The fourth-order valence-electron chi connectivity index (χ4n) is 0.541. The molecule has 0 aromatic carbocycles. The lowest BCUT2D eigenvalue weighted by molar-refractivity contribution is 0.386. The van der Waals surface area contributed by atoms with Gasteiger partial charge in [-0.05, 0) is 6.92 Å². The zero-order chi connectivity index (χ0) is 6.41. The van der Waals surface area contributed by atoms with Gasteiger partial charge in [-0.3, -0.25) is 0 Å². The van der Waals surface area contributed by atoms with Crippen LogP contribution in [0.3, 0.4) is 0 Å². The highest BCUT2D eigenvalue weighted by Gasteiger charge is 2.50. The second-order valence-corrected chi connectivity index (χ2v) is 9.33. The molecule has 8 heavy (non-hydrogen) atoms. The minimum atomic E-state index is -0.970. The topological polar surface area (TPSA) is 12.5 Å². The minimum absolute atomic E-state index is 0.326. The van der Waals surface area contributed by atoms with Gasteiger partial charge in [-0.1, -0.05) is 19.6 Å². The molecular formula is C6H14OSi. The van der Waals surface area contributed by atoms with Gasteiger partial charge in [0.25, 0.3) is 0 Å². The van der Waals surface area contributed by atoms with E-state index in [0.717, 1.165) is 6.61 Å². The van der Waals surface area contributed by atoms with Crippen molar-refractivity contribution < 1.29 is 4.74 Å². The van der Waals surface area contributed by atoms with Gasteiger partial charge in [0.05, 0.1) is 19.9 Å². The van der Waals surface area contributed by atoms with E-state index < -0.39 is 8.07 Å². The lowest BCUT2D eigenvalue weighted by Crippen LogP contribution is -2.39.